The van der Waals surface area contributed by atoms with Crippen LogP contribution in [0, 0.1) is 17.6 Å². The van der Waals surface area contributed by atoms with Crippen molar-refractivity contribution in [3.05, 3.63) is 33.8 Å². The molecule has 0 aliphatic carbocycles. The molecule has 0 radical (unpaired) electrons. The Hall–Kier alpha value is -0.720. The molecular formula is C15H20BrClF2N2O. The number of carbonyl (C=O) groups excluding carboxylic acids is 1. The van der Waals surface area contributed by atoms with Crippen molar-refractivity contribution < 1.29 is 13.6 Å². The van der Waals surface area contributed by atoms with Gasteiger partial charge in [0.25, 0.3) is 5.91 Å². The van der Waals surface area contributed by atoms with E-state index in [4.69, 9.17) is 0 Å². The van der Waals surface area contributed by atoms with Crippen LogP contribution in [0.4, 0.5) is 8.78 Å². The van der Waals surface area contributed by atoms with Gasteiger partial charge in [0.15, 0.2) is 0 Å². The molecule has 124 valence electrons. The number of likely N-dealkylation sites (tertiary alicyclic amines) is 1. The van der Waals surface area contributed by atoms with Gasteiger partial charge in [-0.3, -0.25) is 4.79 Å². The summed E-state index contributed by atoms with van der Waals surface area (Å²) in [5.41, 5.74) is -0.452. The van der Waals surface area contributed by atoms with Crippen LogP contribution in [0.1, 0.15) is 29.6 Å². The van der Waals surface area contributed by atoms with Crippen molar-refractivity contribution in [3.8, 4) is 0 Å². The molecule has 1 aromatic carbocycles. The summed E-state index contributed by atoms with van der Waals surface area (Å²) < 4.78 is 28.0. The topological polar surface area (TPSA) is 32.3 Å². The van der Waals surface area contributed by atoms with Gasteiger partial charge in [0.2, 0.25) is 0 Å². The highest BCUT2D eigenvalue weighted by molar-refractivity contribution is 9.10. The predicted octanol–water partition coefficient (Wildman–Crippen LogP) is 3.61. The van der Waals surface area contributed by atoms with Gasteiger partial charge < -0.3 is 10.2 Å². The Morgan fingerprint density at radius 1 is 1.32 bits per heavy atom. The van der Waals surface area contributed by atoms with Crippen molar-refractivity contribution in [2.24, 2.45) is 5.92 Å². The maximum atomic E-state index is 13.8. The number of nitrogens with zero attached hydrogens (tertiary/aromatic N) is 1. The van der Waals surface area contributed by atoms with E-state index in [1.807, 2.05) is 7.05 Å². The van der Waals surface area contributed by atoms with Crippen LogP contribution in [0.2, 0.25) is 0 Å². The maximum absolute atomic E-state index is 13.8. The second-order valence-electron chi connectivity index (χ2n) is 5.37. The van der Waals surface area contributed by atoms with E-state index in [1.165, 1.54) is 0 Å². The molecule has 1 fully saturated rings. The number of halogens is 4. The molecular weight excluding hydrogens is 378 g/mol. The van der Waals surface area contributed by atoms with Gasteiger partial charge in [0, 0.05) is 17.6 Å². The molecule has 3 nitrogen and oxygen atoms in total. The average molecular weight is 398 g/mol. The van der Waals surface area contributed by atoms with Crippen molar-refractivity contribution in [3.63, 3.8) is 0 Å². The third kappa shape index (κ3) is 4.64. The fraction of sp³-hybridized carbons (Fsp3) is 0.533. The number of amides is 1. The summed E-state index contributed by atoms with van der Waals surface area (Å²) in [5, 5.41) is 3.11. The maximum Gasteiger partial charge on any atom is 0.259 e. The van der Waals surface area contributed by atoms with Crippen molar-refractivity contribution in [1.82, 2.24) is 10.2 Å². The molecule has 0 atom stereocenters. The highest BCUT2D eigenvalue weighted by Crippen LogP contribution is 2.25. The minimum absolute atomic E-state index is 0. The fourth-order valence-corrected chi connectivity index (χ4v) is 3.08. The minimum atomic E-state index is -0.816. The van der Waals surface area contributed by atoms with Gasteiger partial charge >= 0.3 is 0 Å². The molecule has 2 rings (SSSR count). The molecule has 22 heavy (non-hydrogen) atoms. The number of benzene rings is 1. The monoisotopic (exact) mass is 396 g/mol. The summed E-state index contributed by atoms with van der Waals surface area (Å²) in [6.07, 6.45) is 2.83. The number of carbonyl (C=O) groups is 1. The molecule has 1 amide bonds. The van der Waals surface area contributed by atoms with E-state index in [-0.39, 0.29) is 12.4 Å². The van der Waals surface area contributed by atoms with Crippen molar-refractivity contribution in [2.45, 2.75) is 19.3 Å². The van der Waals surface area contributed by atoms with Gasteiger partial charge in [-0.25, -0.2) is 8.78 Å². The van der Waals surface area contributed by atoms with Crippen LogP contribution >= 0.6 is 28.3 Å². The van der Waals surface area contributed by atoms with Crippen LogP contribution in [-0.2, 0) is 0 Å². The Morgan fingerprint density at radius 2 is 1.86 bits per heavy atom. The Morgan fingerprint density at radius 3 is 2.36 bits per heavy atom. The summed E-state index contributed by atoms with van der Waals surface area (Å²) in [5.74, 6) is -1.61. The van der Waals surface area contributed by atoms with E-state index in [9.17, 15) is 13.6 Å². The van der Waals surface area contributed by atoms with Crippen molar-refractivity contribution >= 4 is 34.2 Å². The molecule has 1 N–H and O–H groups in total. The zero-order chi connectivity index (χ0) is 15.4. The van der Waals surface area contributed by atoms with E-state index >= 15 is 0 Å². The van der Waals surface area contributed by atoms with Crippen molar-refractivity contribution in [1.29, 1.82) is 0 Å². The summed E-state index contributed by atoms with van der Waals surface area (Å²) >= 11 is 3.01. The molecule has 0 bridgehead atoms. The Bertz CT molecular complexity index is 499. The SMILES string of the molecule is CNCCC1CCN(C(=O)c2c(F)cc(Br)cc2F)CC1.Cl. The molecule has 1 aliphatic heterocycles. The van der Waals surface area contributed by atoms with E-state index in [2.05, 4.69) is 21.2 Å². The van der Waals surface area contributed by atoms with Gasteiger partial charge in [0.1, 0.15) is 17.2 Å². The number of hydrogen-bond acceptors (Lipinski definition) is 2. The Kier molecular flexibility index (Phi) is 7.72. The molecule has 1 aromatic rings. The first kappa shape index (κ1) is 19.3. The van der Waals surface area contributed by atoms with Crippen LogP contribution < -0.4 is 5.32 Å². The van der Waals surface area contributed by atoms with E-state index in [1.54, 1.807) is 4.90 Å². The molecule has 0 aromatic heterocycles. The third-order valence-corrected chi connectivity index (χ3v) is 4.38. The van der Waals surface area contributed by atoms with Crippen LogP contribution in [0.15, 0.2) is 16.6 Å². The third-order valence-electron chi connectivity index (χ3n) is 3.93. The summed E-state index contributed by atoms with van der Waals surface area (Å²) in [7, 11) is 1.91. The second kappa shape index (κ2) is 8.79. The van der Waals surface area contributed by atoms with Gasteiger partial charge in [-0.15, -0.1) is 12.4 Å². The lowest BCUT2D eigenvalue weighted by Gasteiger charge is -2.32. The predicted molar refractivity (Wildman–Crippen MR) is 88.5 cm³/mol. The minimum Gasteiger partial charge on any atom is -0.338 e. The summed E-state index contributed by atoms with van der Waals surface area (Å²) in [4.78, 5) is 13.8. The lowest BCUT2D eigenvalue weighted by molar-refractivity contribution is 0.0677. The Labute approximate surface area is 144 Å². The van der Waals surface area contributed by atoms with Crippen LogP contribution in [-0.4, -0.2) is 37.5 Å². The molecule has 0 spiro atoms. The van der Waals surface area contributed by atoms with Crippen LogP contribution in [0.25, 0.3) is 0 Å². The normalized spacial score (nSPS) is 15.5. The molecule has 1 heterocycles. The summed E-state index contributed by atoms with van der Waals surface area (Å²) in [6.45, 7) is 2.07. The van der Waals surface area contributed by atoms with Gasteiger partial charge in [-0.2, -0.15) is 0 Å². The first-order chi connectivity index (χ1) is 10.0. The van der Waals surface area contributed by atoms with Gasteiger partial charge in [0.05, 0.1) is 0 Å². The molecule has 0 saturated carbocycles. The first-order valence-corrected chi connectivity index (χ1v) is 7.90. The number of hydrogen-bond donors (Lipinski definition) is 1. The van der Waals surface area contributed by atoms with Crippen molar-refractivity contribution in [2.75, 3.05) is 26.7 Å². The fourth-order valence-electron chi connectivity index (χ4n) is 2.68. The van der Waals surface area contributed by atoms with E-state index < -0.39 is 23.1 Å². The Balaban J connectivity index is 0.00000242. The highest BCUT2D eigenvalue weighted by atomic mass is 79.9. The standard InChI is InChI=1S/C15H19BrF2N2O.ClH/c1-19-5-2-10-3-6-20(7-4-10)15(21)14-12(17)8-11(16)9-13(14)18;/h8-10,19H,2-7H2,1H3;1H. The molecule has 7 heteroatoms. The highest BCUT2D eigenvalue weighted by Gasteiger charge is 2.27. The second-order valence-corrected chi connectivity index (χ2v) is 6.29. The average Bonchev–Trinajstić information content (AvgIpc) is 2.44. The number of piperidine rings is 1. The quantitative estimate of drug-likeness (QED) is 0.842. The molecule has 1 saturated heterocycles. The zero-order valence-electron chi connectivity index (χ0n) is 12.4. The zero-order valence-corrected chi connectivity index (χ0v) is 14.8. The van der Waals surface area contributed by atoms with Crippen LogP contribution in [0.3, 0.4) is 0 Å². The van der Waals surface area contributed by atoms with E-state index in [0.29, 0.717) is 23.5 Å². The molecule has 1 aliphatic rings. The lowest BCUT2D eigenvalue weighted by atomic mass is 9.93. The smallest absolute Gasteiger partial charge is 0.259 e. The molecule has 0 unspecified atom stereocenters. The largest absolute Gasteiger partial charge is 0.338 e. The van der Waals surface area contributed by atoms with Gasteiger partial charge in [-0.05, 0) is 50.9 Å². The van der Waals surface area contributed by atoms with Gasteiger partial charge in [-0.1, -0.05) is 15.9 Å². The van der Waals surface area contributed by atoms with E-state index in [0.717, 1.165) is 37.9 Å². The summed E-state index contributed by atoms with van der Waals surface area (Å²) in [6, 6.07) is 2.24. The lowest BCUT2D eigenvalue weighted by Crippen LogP contribution is -2.39. The number of nitrogens with one attached hydrogen (secondary N) is 1. The van der Waals surface area contributed by atoms with Crippen LogP contribution in [0.5, 0.6) is 0 Å². The number of rotatable bonds is 4. The first-order valence-electron chi connectivity index (χ1n) is 7.11.